The van der Waals surface area contributed by atoms with Crippen LogP contribution in [0.5, 0.6) is 0 Å². The molecule has 0 amide bonds. The molecule has 22 heavy (non-hydrogen) atoms. The van der Waals surface area contributed by atoms with Gasteiger partial charge in [0.25, 0.3) is 0 Å². The monoisotopic (exact) mass is 308 g/mol. The maximum atomic E-state index is 2.53. The van der Waals surface area contributed by atoms with Crippen LogP contribution in [0.1, 0.15) is 112 Å². The van der Waals surface area contributed by atoms with Gasteiger partial charge in [-0.3, -0.25) is 0 Å². The third kappa shape index (κ3) is 6.25. The highest BCUT2D eigenvalue weighted by atomic mass is 14.5. The normalized spacial score (nSPS) is 28.4. The largest absolute Gasteiger partial charge is 0.0654 e. The number of hydrogen-bond acceptors (Lipinski definition) is 0. The van der Waals surface area contributed by atoms with Gasteiger partial charge in [-0.2, -0.15) is 0 Å². The van der Waals surface area contributed by atoms with Crippen molar-refractivity contribution in [3.63, 3.8) is 0 Å². The Labute approximate surface area is 141 Å². The predicted octanol–water partition coefficient (Wildman–Crippen LogP) is 7.86. The van der Waals surface area contributed by atoms with Crippen LogP contribution in [0, 0.1) is 29.1 Å². The summed E-state index contributed by atoms with van der Waals surface area (Å²) in [6.07, 6.45) is 15.8. The fourth-order valence-corrected chi connectivity index (χ4v) is 4.68. The van der Waals surface area contributed by atoms with Gasteiger partial charge in [-0.05, 0) is 35.5 Å². The van der Waals surface area contributed by atoms with Crippen molar-refractivity contribution in [2.24, 2.45) is 29.1 Å². The molecule has 1 aliphatic carbocycles. The Morgan fingerprint density at radius 1 is 0.864 bits per heavy atom. The summed E-state index contributed by atoms with van der Waals surface area (Å²) in [5.74, 6) is 3.93. The van der Waals surface area contributed by atoms with Gasteiger partial charge in [0.05, 0.1) is 0 Å². The molecule has 0 aromatic heterocycles. The summed E-state index contributed by atoms with van der Waals surface area (Å²) in [6, 6.07) is 0. The Morgan fingerprint density at radius 2 is 1.59 bits per heavy atom. The smallest absolute Gasteiger partial charge is 0.0294 e. The molecule has 1 fully saturated rings. The molecule has 132 valence electrons. The van der Waals surface area contributed by atoms with Gasteiger partial charge < -0.3 is 0 Å². The van der Waals surface area contributed by atoms with E-state index in [2.05, 4.69) is 41.5 Å². The SMILES string of the molecule is CCCCCC(CCC)C(C)CCCC(C)C1CC1(C)CC. The average Bonchev–Trinajstić information content (AvgIpc) is 3.19. The van der Waals surface area contributed by atoms with Gasteiger partial charge in [0, 0.05) is 0 Å². The lowest BCUT2D eigenvalue weighted by molar-refractivity contribution is 0.271. The van der Waals surface area contributed by atoms with E-state index in [1.54, 1.807) is 0 Å². The van der Waals surface area contributed by atoms with E-state index >= 15 is 0 Å². The van der Waals surface area contributed by atoms with Crippen LogP contribution < -0.4 is 0 Å². The summed E-state index contributed by atoms with van der Waals surface area (Å²) in [7, 11) is 0. The van der Waals surface area contributed by atoms with Gasteiger partial charge in [-0.1, -0.05) is 106 Å². The first-order chi connectivity index (χ1) is 10.5. The highest BCUT2D eigenvalue weighted by Crippen LogP contribution is 2.59. The highest BCUT2D eigenvalue weighted by Gasteiger charge is 2.50. The van der Waals surface area contributed by atoms with Crippen molar-refractivity contribution in [1.29, 1.82) is 0 Å². The Kier molecular flexibility index (Phi) is 9.10. The zero-order chi connectivity index (χ0) is 16.6. The van der Waals surface area contributed by atoms with Crippen LogP contribution in [-0.2, 0) is 0 Å². The van der Waals surface area contributed by atoms with Crippen LogP contribution >= 0.6 is 0 Å². The first-order valence-corrected chi connectivity index (χ1v) is 10.5. The van der Waals surface area contributed by atoms with Gasteiger partial charge in [-0.15, -0.1) is 0 Å². The second-order valence-corrected chi connectivity index (χ2v) is 8.75. The Balaban J connectivity index is 2.23. The molecule has 0 aromatic rings. The Morgan fingerprint density at radius 3 is 2.14 bits per heavy atom. The van der Waals surface area contributed by atoms with E-state index in [1.807, 2.05) is 0 Å². The molecule has 0 N–H and O–H groups in total. The fraction of sp³-hybridized carbons (Fsp3) is 1.00. The molecule has 5 unspecified atom stereocenters. The molecule has 0 heteroatoms. The van der Waals surface area contributed by atoms with E-state index in [4.69, 9.17) is 0 Å². The van der Waals surface area contributed by atoms with Crippen molar-refractivity contribution in [1.82, 2.24) is 0 Å². The van der Waals surface area contributed by atoms with E-state index in [0.29, 0.717) is 5.41 Å². The minimum Gasteiger partial charge on any atom is -0.0654 e. The number of hydrogen-bond donors (Lipinski definition) is 0. The molecule has 5 atom stereocenters. The van der Waals surface area contributed by atoms with Crippen LogP contribution in [0.4, 0.5) is 0 Å². The number of unbranched alkanes of at least 4 members (excludes halogenated alkanes) is 2. The quantitative estimate of drug-likeness (QED) is 0.304. The molecule has 1 aliphatic rings. The van der Waals surface area contributed by atoms with Crippen molar-refractivity contribution < 1.29 is 0 Å². The second-order valence-electron chi connectivity index (χ2n) is 8.75. The first-order valence-electron chi connectivity index (χ1n) is 10.5. The molecule has 0 heterocycles. The van der Waals surface area contributed by atoms with Crippen LogP contribution in [0.2, 0.25) is 0 Å². The summed E-state index contributed by atoms with van der Waals surface area (Å²) < 4.78 is 0. The maximum Gasteiger partial charge on any atom is -0.0294 e. The van der Waals surface area contributed by atoms with Gasteiger partial charge in [0.1, 0.15) is 0 Å². The summed E-state index contributed by atoms with van der Waals surface area (Å²) in [4.78, 5) is 0. The van der Waals surface area contributed by atoms with Crippen molar-refractivity contribution >= 4 is 0 Å². The van der Waals surface area contributed by atoms with Gasteiger partial charge >= 0.3 is 0 Å². The lowest BCUT2D eigenvalue weighted by Gasteiger charge is -2.24. The Bertz CT molecular complexity index is 282. The molecule has 1 rings (SSSR count). The highest BCUT2D eigenvalue weighted by molar-refractivity contribution is 4.99. The van der Waals surface area contributed by atoms with Crippen molar-refractivity contribution in [3.8, 4) is 0 Å². The predicted molar refractivity (Wildman–Crippen MR) is 101 cm³/mol. The van der Waals surface area contributed by atoms with E-state index in [0.717, 1.165) is 23.7 Å². The van der Waals surface area contributed by atoms with E-state index < -0.39 is 0 Å². The van der Waals surface area contributed by atoms with Crippen LogP contribution in [0.25, 0.3) is 0 Å². The minimum atomic E-state index is 0.704. The fourth-order valence-electron chi connectivity index (χ4n) is 4.68. The standard InChI is InChI=1S/C22H44/c1-7-10-11-16-20(13-8-2)18(4)14-12-15-19(5)21-17-22(21,6)9-3/h18-21H,7-17H2,1-6H3. The van der Waals surface area contributed by atoms with Gasteiger partial charge in [0.2, 0.25) is 0 Å². The van der Waals surface area contributed by atoms with Gasteiger partial charge in [0.15, 0.2) is 0 Å². The van der Waals surface area contributed by atoms with Crippen molar-refractivity contribution in [3.05, 3.63) is 0 Å². The van der Waals surface area contributed by atoms with Crippen molar-refractivity contribution in [2.45, 2.75) is 112 Å². The maximum absolute atomic E-state index is 2.53. The second kappa shape index (κ2) is 9.99. The molecular weight excluding hydrogens is 264 g/mol. The molecule has 0 aliphatic heterocycles. The third-order valence-electron chi connectivity index (χ3n) is 6.88. The third-order valence-corrected chi connectivity index (χ3v) is 6.88. The van der Waals surface area contributed by atoms with Crippen LogP contribution in [-0.4, -0.2) is 0 Å². The molecule has 0 aromatic carbocycles. The average molecular weight is 309 g/mol. The molecule has 0 bridgehead atoms. The molecular formula is C22H44. The summed E-state index contributed by atoms with van der Waals surface area (Å²) >= 11 is 0. The van der Waals surface area contributed by atoms with Crippen molar-refractivity contribution in [2.75, 3.05) is 0 Å². The summed E-state index contributed by atoms with van der Waals surface area (Å²) in [5, 5.41) is 0. The zero-order valence-electron chi connectivity index (χ0n) is 16.6. The molecule has 0 spiro atoms. The molecule has 1 saturated carbocycles. The van der Waals surface area contributed by atoms with Crippen LogP contribution in [0.3, 0.4) is 0 Å². The summed E-state index contributed by atoms with van der Waals surface area (Å²) in [6.45, 7) is 14.6. The van der Waals surface area contributed by atoms with Gasteiger partial charge in [-0.25, -0.2) is 0 Å². The first kappa shape index (κ1) is 20.0. The van der Waals surface area contributed by atoms with E-state index in [1.165, 1.54) is 70.6 Å². The summed E-state index contributed by atoms with van der Waals surface area (Å²) in [5.41, 5.74) is 0.704. The molecule has 0 nitrogen and oxygen atoms in total. The molecule has 0 radical (unpaired) electrons. The lowest BCUT2D eigenvalue weighted by Crippen LogP contribution is -2.13. The van der Waals surface area contributed by atoms with E-state index in [-0.39, 0.29) is 0 Å². The Hall–Kier alpha value is 0. The number of rotatable bonds is 13. The van der Waals surface area contributed by atoms with E-state index in [9.17, 15) is 0 Å². The minimum absolute atomic E-state index is 0.704. The lowest BCUT2D eigenvalue weighted by atomic mass is 9.81. The molecule has 0 saturated heterocycles. The van der Waals surface area contributed by atoms with Crippen LogP contribution in [0.15, 0.2) is 0 Å². The topological polar surface area (TPSA) is 0 Å². The zero-order valence-corrected chi connectivity index (χ0v) is 16.6.